The summed E-state index contributed by atoms with van der Waals surface area (Å²) in [5.74, 6) is -0.339. The lowest BCUT2D eigenvalue weighted by Crippen LogP contribution is -2.79. The van der Waals surface area contributed by atoms with Crippen LogP contribution < -0.4 is 0 Å². The van der Waals surface area contributed by atoms with Gasteiger partial charge in [0, 0.05) is 30.0 Å². The maximum Gasteiger partial charge on any atom is 0.334 e. The Hall–Kier alpha value is -1.47. The Labute approximate surface area is 170 Å². The molecule has 156 valence electrons. The van der Waals surface area contributed by atoms with Crippen LogP contribution in [0.25, 0.3) is 0 Å². The molecule has 4 aliphatic carbocycles. The van der Waals surface area contributed by atoms with Crippen molar-refractivity contribution in [2.24, 2.45) is 22.7 Å². The summed E-state index contributed by atoms with van der Waals surface area (Å²) in [5, 5.41) is 35.3. The molecule has 0 aromatic rings. The molecule has 1 spiro atoms. The van der Waals surface area contributed by atoms with E-state index in [9.17, 15) is 20.1 Å². The zero-order chi connectivity index (χ0) is 20.4. The standard InChI is InChI=1S/C23H29NO5/c1-13-10-24-11-15-5-3-14-4-6-16-17(19(26)29-2)9-21(18(14)16)20(15,12-25)7-8-22(13,27)23(21,24)28/h7-8,13,15,25,27-28H,3-6,9-12H2,1-2H3/t13-,15-,20-,21-,22+,23+/m1/s1. The second-order valence-electron chi connectivity index (χ2n) is 10.1. The monoisotopic (exact) mass is 399 g/mol. The van der Waals surface area contributed by atoms with Crippen LogP contribution in [0, 0.1) is 22.7 Å². The minimum absolute atomic E-state index is 0.104. The van der Waals surface area contributed by atoms with Crippen LogP contribution in [0.1, 0.15) is 39.0 Å². The molecule has 0 aromatic carbocycles. The van der Waals surface area contributed by atoms with E-state index in [2.05, 4.69) is 4.90 Å². The number of hydrogen-bond donors (Lipinski definition) is 3. The van der Waals surface area contributed by atoms with Crippen LogP contribution in [0.3, 0.4) is 0 Å². The quantitative estimate of drug-likeness (QED) is 0.479. The number of allylic oxidation sites excluding steroid dienone is 2. The van der Waals surface area contributed by atoms with Crippen molar-refractivity contribution in [3.8, 4) is 0 Å². The van der Waals surface area contributed by atoms with Crippen LogP contribution in [0.4, 0.5) is 0 Å². The highest BCUT2D eigenvalue weighted by atomic mass is 16.5. The first-order valence-corrected chi connectivity index (χ1v) is 10.8. The van der Waals surface area contributed by atoms with E-state index in [0.29, 0.717) is 25.1 Å². The summed E-state index contributed by atoms with van der Waals surface area (Å²) in [4.78, 5) is 14.8. The SMILES string of the molecule is COC(=O)C1=C2CCC3=C2[C@@]2(C1)[C@@]1(O)N4C[C@@H](CC3)[C@]2(CO)C=C[C@]1(O)[C@H](C)C4. The number of carbonyl (C=O) groups excluding carboxylic acids is 1. The molecule has 2 fully saturated rings. The van der Waals surface area contributed by atoms with Gasteiger partial charge in [0.2, 0.25) is 0 Å². The number of rotatable bonds is 2. The number of aliphatic hydroxyl groups is 3. The maximum absolute atomic E-state index is 12.8. The van der Waals surface area contributed by atoms with Crippen LogP contribution in [0.2, 0.25) is 0 Å². The van der Waals surface area contributed by atoms with Gasteiger partial charge in [-0.25, -0.2) is 4.79 Å². The molecule has 6 aliphatic rings. The number of ether oxygens (including phenoxy) is 1. The molecule has 2 aliphatic heterocycles. The van der Waals surface area contributed by atoms with Crippen LogP contribution in [0.5, 0.6) is 0 Å². The van der Waals surface area contributed by atoms with Crippen molar-refractivity contribution in [1.29, 1.82) is 0 Å². The van der Waals surface area contributed by atoms with Crippen molar-refractivity contribution in [1.82, 2.24) is 4.90 Å². The van der Waals surface area contributed by atoms with Gasteiger partial charge in [-0.3, -0.25) is 4.90 Å². The van der Waals surface area contributed by atoms with Gasteiger partial charge in [0.25, 0.3) is 0 Å². The number of carbonyl (C=O) groups is 1. The summed E-state index contributed by atoms with van der Waals surface area (Å²) in [5.41, 5.74) is -0.613. The van der Waals surface area contributed by atoms with Crippen LogP contribution in [0.15, 0.2) is 34.4 Å². The van der Waals surface area contributed by atoms with Crippen molar-refractivity contribution in [3.05, 3.63) is 34.4 Å². The highest BCUT2D eigenvalue weighted by Crippen LogP contribution is 2.77. The number of hydrogen-bond acceptors (Lipinski definition) is 6. The molecule has 29 heavy (non-hydrogen) atoms. The van der Waals surface area contributed by atoms with Gasteiger partial charge >= 0.3 is 5.97 Å². The first kappa shape index (κ1) is 18.3. The summed E-state index contributed by atoms with van der Waals surface area (Å²) in [6.07, 6.45) is 7.63. The lowest BCUT2D eigenvalue weighted by Gasteiger charge is -2.68. The summed E-state index contributed by atoms with van der Waals surface area (Å²) < 4.78 is 5.14. The number of methoxy groups -OCH3 is 1. The van der Waals surface area contributed by atoms with Crippen LogP contribution in [-0.4, -0.2) is 64.3 Å². The molecular weight excluding hydrogens is 370 g/mol. The molecule has 6 rings (SSSR count). The van der Waals surface area contributed by atoms with Gasteiger partial charge in [-0.2, -0.15) is 0 Å². The highest BCUT2D eigenvalue weighted by Gasteiger charge is 2.83. The number of esters is 1. The zero-order valence-corrected chi connectivity index (χ0v) is 17.1. The molecule has 2 saturated heterocycles. The Morgan fingerprint density at radius 2 is 2.03 bits per heavy atom. The minimum Gasteiger partial charge on any atom is -0.466 e. The highest BCUT2D eigenvalue weighted by molar-refractivity contribution is 5.93. The fourth-order valence-electron chi connectivity index (χ4n) is 8.29. The molecular formula is C23H29NO5. The van der Waals surface area contributed by atoms with Gasteiger partial charge in [0.1, 0.15) is 5.60 Å². The van der Waals surface area contributed by atoms with Crippen LogP contribution >= 0.6 is 0 Å². The van der Waals surface area contributed by atoms with Gasteiger partial charge in [0.15, 0.2) is 5.72 Å². The fourth-order valence-corrected chi connectivity index (χ4v) is 8.29. The predicted octanol–water partition coefficient (Wildman–Crippen LogP) is 1.28. The van der Waals surface area contributed by atoms with E-state index in [4.69, 9.17) is 4.74 Å². The molecule has 3 N–H and O–H groups in total. The molecule has 0 amide bonds. The Morgan fingerprint density at radius 1 is 1.24 bits per heavy atom. The van der Waals surface area contributed by atoms with E-state index in [-0.39, 0.29) is 24.4 Å². The molecule has 6 nitrogen and oxygen atoms in total. The van der Waals surface area contributed by atoms with Gasteiger partial charge in [-0.15, -0.1) is 0 Å². The van der Waals surface area contributed by atoms with E-state index in [1.165, 1.54) is 12.7 Å². The Bertz CT molecular complexity index is 936. The topological polar surface area (TPSA) is 90.2 Å². The van der Waals surface area contributed by atoms with E-state index in [1.807, 2.05) is 13.0 Å². The molecule has 6 heteroatoms. The summed E-state index contributed by atoms with van der Waals surface area (Å²) >= 11 is 0. The Morgan fingerprint density at radius 3 is 2.76 bits per heavy atom. The molecule has 4 bridgehead atoms. The first-order chi connectivity index (χ1) is 13.8. The smallest absolute Gasteiger partial charge is 0.334 e. The summed E-state index contributed by atoms with van der Waals surface area (Å²) in [6, 6.07) is 0. The van der Waals surface area contributed by atoms with Gasteiger partial charge in [0.05, 0.1) is 19.1 Å². The number of nitrogens with zero attached hydrogens (tertiary/aromatic N) is 1. The molecule has 2 heterocycles. The lowest BCUT2D eigenvalue weighted by atomic mass is 9.43. The normalized spacial score (nSPS) is 49.6. The fraction of sp³-hybridized carbons (Fsp3) is 0.696. The molecule has 0 saturated carbocycles. The number of piperidine rings is 1. The van der Waals surface area contributed by atoms with Gasteiger partial charge < -0.3 is 20.1 Å². The minimum atomic E-state index is -1.55. The second-order valence-corrected chi connectivity index (χ2v) is 10.1. The lowest BCUT2D eigenvalue weighted by molar-refractivity contribution is -0.306. The van der Waals surface area contributed by atoms with E-state index >= 15 is 0 Å². The van der Waals surface area contributed by atoms with Gasteiger partial charge in [-0.1, -0.05) is 24.6 Å². The first-order valence-electron chi connectivity index (χ1n) is 10.8. The third kappa shape index (κ3) is 1.58. The number of aliphatic hydroxyl groups excluding tert-OH is 1. The van der Waals surface area contributed by atoms with Crippen molar-refractivity contribution in [2.45, 2.75) is 50.4 Å². The van der Waals surface area contributed by atoms with Gasteiger partial charge in [-0.05, 0) is 49.2 Å². The largest absolute Gasteiger partial charge is 0.466 e. The van der Waals surface area contributed by atoms with E-state index in [1.54, 1.807) is 6.08 Å². The van der Waals surface area contributed by atoms with Crippen molar-refractivity contribution in [2.75, 3.05) is 26.8 Å². The molecule has 0 unspecified atom stereocenters. The van der Waals surface area contributed by atoms with Crippen LogP contribution in [-0.2, 0) is 9.53 Å². The third-order valence-electron chi connectivity index (χ3n) is 9.51. The molecule has 6 atom stereocenters. The summed E-state index contributed by atoms with van der Waals surface area (Å²) in [6.45, 7) is 3.13. The van der Waals surface area contributed by atoms with E-state index in [0.717, 1.165) is 36.8 Å². The van der Waals surface area contributed by atoms with Crippen molar-refractivity contribution >= 4 is 5.97 Å². The van der Waals surface area contributed by atoms with Crippen molar-refractivity contribution in [3.63, 3.8) is 0 Å². The zero-order valence-electron chi connectivity index (χ0n) is 17.1. The third-order valence-corrected chi connectivity index (χ3v) is 9.51. The Balaban J connectivity index is 1.73. The average Bonchev–Trinajstić information content (AvgIpc) is 3.32. The second kappa shape index (κ2) is 5.22. The van der Waals surface area contributed by atoms with Crippen molar-refractivity contribution < 1.29 is 24.9 Å². The van der Waals surface area contributed by atoms with E-state index < -0.39 is 22.2 Å². The maximum atomic E-state index is 12.8. The Kier molecular flexibility index (Phi) is 3.30. The predicted molar refractivity (Wildman–Crippen MR) is 104 cm³/mol. The molecule has 0 aromatic heterocycles. The summed E-state index contributed by atoms with van der Waals surface area (Å²) in [7, 11) is 1.40. The molecule has 0 radical (unpaired) electrons. The average molecular weight is 399 g/mol.